The molecule has 0 atom stereocenters. The van der Waals surface area contributed by atoms with Crippen LogP contribution in [0.25, 0.3) is 0 Å². The number of halogens is 2. The lowest BCUT2D eigenvalue weighted by atomic mass is 10.1. The van der Waals surface area contributed by atoms with E-state index >= 15 is 0 Å². The molecule has 0 radical (unpaired) electrons. The van der Waals surface area contributed by atoms with Crippen molar-refractivity contribution in [3.05, 3.63) is 22.2 Å². The number of carbonyl (C=O) groups is 1. The maximum absolute atomic E-state index is 11.7. The molecule has 0 aliphatic rings. The second-order valence-electron chi connectivity index (χ2n) is 2.71. The first-order chi connectivity index (χ1) is 7.15. The molecule has 3 nitrogen and oxygen atoms in total. The van der Waals surface area contributed by atoms with Gasteiger partial charge in [0.05, 0.1) is 24.0 Å². The molecule has 0 heterocycles. The molecule has 0 spiro atoms. The molecule has 0 saturated carbocycles. The van der Waals surface area contributed by atoms with Crippen molar-refractivity contribution in [1.82, 2.24) is 0 Å². The molecule has 0 aliphatic carbocycles. The van der Waals surface area contributed by atoms with Crippen molar-refractivity contribution >= 4 is 37.6 Å². The minimum atomic E-state index is -0.0787. The molecule has 82 valence electrons. The molecule has 1 rings (SSSR count). The second kappa shape index (κ2) is 5.51. The standard InChI is InChI=1S/C10H10Br2O3/c1-14-8-4-3-6(12)10(15-2)9(8)7(13)5-11/h3-4H,5H2,1-2H3. The summed E-state index contributed by atoms with van der Waals surface area (Å²) in [6.07, 6.45) is 0. The van der Waals surface area contributed by atoms with Crippen LogP contribution in [0.15, 0.2) is 16.6 Å². The van der Waals surface area contributed by atoms with Gasteiger partial charge in [-0.2, -0.15) is 0 Å². The molecule has 5 heteroatoms. The Morgan fingerprint density at radius 2 is 2.00 bits per heavy atom. The van der Waals surface area contributed by atoms with Gasteiger partial charge in [0.15, 0.2) is 5.78 Å². The monoisotopic (exact) mass is 336 g/mol. The fraction of sp³-hybridized carbons (Fsp3) is 0.300. The van der Waals surface area contributed by atoms with E-state index in [-0.39, 0.29) is 11.1 Å². The number of carbonyl (C=O) groups excluding carboxylic acids is 1. The molecule has 0 N–H and O–H groups in total. The number of benzene rings is 1. The summed E-state index contributed by atoms with van der Waals surface area (Å²) < 4.78 is 11.0. The van der Waals surface area contributed by atoms with E-state index in [2.05, 4.69) is 31.9 Å². The van der Waals surface area contributed by atoms with Crippen molar-refractivity contribution in [2.45, 2.75) is 0 Å². The van der Waals surface area contributed by atoms with Crippen LogP contribution in [0, 0.1) is 0 Å². The topological polar surface area (TPSA) is 35.5 Å². The van der Waals surface area contributed by atoms with E-state index in [9.17, 15) is 4.79 Å². The van der Waals surface area contributed by atoms with Gasteiger partial charge in [0.1, 0.15) is 17.1 Å². The van der Waals surface area contributed by atoms with Gasteiger partial charge in [0.25, 0.3) is 0 Å². The Bertz CT molecular complexity index is 377. The molecular formula is C10H10Br2O3. The van der Waals surface area contributed by atoms with Gasteiger partial charge < -0.3 is 9.47 Å². The largest absolute Gasteiger partial charge is 0.496 e. The molecule has 0 fully saturated rings. The number of methoxy groups -OCH3 is 2. The molecule has 1 aromatic rings. The van der Waals surface area contributed by atoms with Gasteiger partial charge in [0, 0.05) is 0 Å². The van der Waals surface area contributed by atoms with Gasteiger partial charge in [0.2, 0.25) is 0 Å². The number of rotatable bonds is 4. The lowest BCUT2D eigenvalue weighted by molar-refractivity contribution is 0.101. The maximum atomic E-state index is 11.7. The normalized spacial score (nSPS) is 9.87. The Kier molecular flexibility index (Phi) is 4.60. The first-order valence-electron chi connectivity index (χ1n) is 4.15. The van der Waals surface area contributed by atoms with Crippen LogP contribution < -0.4 is 9.47 Å². The van der Waals surface area contributed by atoms with Crippen molar-refractivity contribution in [3.63, 3.8) is 0 Å². The maximum Gasteiger partial charge on any atom is 0.180 e. The zero-order valence-electron chi connectivity index (χ0n) is 8.34. The van der Waals surface area contributed by atoms with Gasteiger partial charge in [-0.1, -0.05) is 15.9 Å². The Morgan fingerprint density at radius 1 is 1.33 bits per heavy atom. The minimum absolute atomic E-state index is 0.0787. The number of hydrogen-bond donors (Lipinski definition) is 0. The minimum Gasteiger partial charge on any atom is -0.496 e. The predicted octanol–water partition coefficient (Wildman–Crippen LogP) is 3.04. The molecule has 0 bridgehead atoms. The number of Topliss-reactive ketones (excluding diaryl/α,β-unsaturated/α-hetero) is 1. The summed E-state index contributed by atoms with van der Waals surface area (Å²) in [5.41, 5.74) is 0.450. The zero-order chi connectivity index (χ0) is 11.4. The van der Waals surface area contributed by atoms with Crippen LogP contribution in [0.3, 0.4) is 0 Å². The van der Waals surface area contributed by atoms with Crippen LogP contribution in [0.2, 0.25) is 0 Å². The molecule has 0 saturated heterocycles. The van der Waals surface area contributed by atoms with Crippen molar-refractivity contribution in [3.8, 4) is 11.5 Å². The quantitative estimate of drug-likeness (QED) is 0.625. The highest BCUT2D eigenvalue weighted by molar-refractivity contribution is 9.10. The molecular weight excluding hydrogens is 328 g/mol. The number of ether oxygens (including phenoxy) is 2. The second-order valence-corrected chi connectivity index (χ2v) is 4.13. The van der Waals surface area contributed by atoms with Gasteiger partial charge in [-0.3, -0.25) is 4.79 Å². The third kappa shape index (κ3) is 2.52. The Morgan fingerprint density at radius 3 is 2.47 bits per heavy atom. The average molecular weight is 338 g/mol. The molecule has 0 amide bonds. The van der Waals surface area contributed by atoms with Crippen molar-refractivity contribution < 1.29 is 14.3 Å². The SMILES string of the molecule is COc1ccc(Br)c(OC)c1C(=O)CBr. The van der Waals surface area contributed by atoms with E-state index < -0.39 is 0 Å². The van der Waals surface area contributed by atoms with Crippen LogP contribution in [-0.2, 0) is 0 Å². The number of hydrogen-bond acceptors (Lipinski definition) is 3. The molecule has 15 heavy (non-hydrogen) atoms. The predicted molar refractivity (Wildman–Crippen MR) is 65.4 cm³/mol. The van der Waals surface area contributed by atoms with Crippen molar-refractivity contribution in [2.24, 2.45) is 0 Å². The van der Waals surface area contributed by atoms with Crippen molar-refractivity contribution in [1.29, 1.82) is 0 Å². The lowest BCUT2D eigenvalue weighted by Crippen LogP contribution is -2.06. The van der Waals surface area contributed by atoms with E-state index in [0.717, 1.165) is 4.47 Å². The molecule has 0 aliphatic heterocycles. The third-order valence-electron chi connectivity index (χ3n) is 1.90. The summed E-state index contributed by atoms with van der Waals surface area (Å²) in [5.74, 6) is 0.934. The lowest BCUT2D eigenvalue weighted by Gasteiger charge is -2.12. The zero-order valence-corrected chi connectivity index (χ0v) is 11.5. The number of alkyl halides is 1. The summed E-state index contributed by atoms with van der Waals surface area (Å²) >= 11 is 6.45. The van der Waals surface area contributed by atoms with Crippen LogP contribution in [0.4, 0.5) is 0 Å². The van der Waals surface area contributed by atoms with Gasteiger partial charge in [-0.05, 0) is 28.1 Å². The molecule has 1 aromatic carbocycles. The first kappa shape index (κ1) is 12.5. The highest BCUT2D eigenvalue weighted by Crippen LogP contribution is 2.36. The van der Waals surface area contributed by atoms with Gasteiger partial charge in [-0.25, -0.2) is 0 Å². The molecule has 0 aromatic heterocycles. The third-order valence-corrected chi connectivity index (χ3v) is 3.03. The van der Waals surface area contributed by atoms with Crippen LogP contribution in [0.5, 0.6) is 11.5 Å². The smallest absolute Gasteiger partial charge is 0.180 e. The Hall–Kier alpha value is -0.550. The van der Waals surface area contributed by atoms with E-state index in [1.54, 1.807) is 12.1 Å². The fourth-order valence-electron chi connectivity index (χ4n) is 1.24. The highest BCUT2D eigenvalue weighted by atomic mass is 79.9. The van der Waals surface area contributed by atoms with E-state index in [1.165, 1.54) is 14.2 Å². The van der Waals surface area contributed by atoms with Crippen molar-refractivity contribution in [2.75, 3.05) is 19.5 Å². The average Bonchev–Trinajstić information content (AvgIpc) is 2.27. The van der Waals surface area contributed by atoms with Crippen LogP contribution in [0.1, 0.15) is 10.4 Å². The van der Waals surface area contributed by atoms with Gasteiger partial charge >= 0.3 is 0 Å². The molecule has 0 unspecified atom stereocenters. The van der Waals surface area contributed by atoms with E-state index in [4.69, 9.17) is 9.47 Å². The summed E-state index contributed by atoms with van der Waals surface area (Å²) in [4.78, 5) is 11.7. The van der Waals surface area contributed by atoms with Crippen LogP contribution in [-0.4, -0.2) is 25.3 Å². The highest BCUT2D eigenvalue weighted by Gasteiger charge is 2.19. The van der Waals surface area contributed by atoms with Gasteiger partial charge in [-0.15, -0.1) is 0 Å². The summed E-state index contributed by atoms with van der Waals surface area (Å²) in [7, 11) is 3.04. The Labute approximate surface area is 105 Å². The van der Waals surface area contributed by atoms with E-state index in [1.807, 2.05) is 0 Å². The van der Waals surface area contributed by atoms with Crippen LogP contribution >= 0.6 is 31.9 Å². The van der Waals surface area contributed by atoms with E-state index in [0.29, 0.717) is 17.1 Å². The summed E-state index contributed by atoms with van der Waals surface area (Å²) in [5, 5.41) is 0.232. The summed E-state index contributed by atoms with van der Waals surface area (Å²) in [6.45, 7) is 0. The first-order valence-corrected chi connectivity index (χ1v) is 6.06. The fourth-order valence-corrected chi connectivity index (χ4v) is 2.01. The summed E-state index contributed by atoms with van der Waals surface area (Å²) in [6, 6.07) is 3.51. The number of ketones is 1. The Balaban J connectivity index is 3.40.